The number of aromatic nitrogens is 2. The number of halogens is 1. The Bertz CT molecular complexity index is 1030. The second kappa shape index (κ2) is 6.83. The van der Waals surface area contributed by atoms with E-state index in [0.717, 1.165) is 35.0 Å². The maximum absolute atomic E-state index is 13.6. The zero-order chi connectivity index (χ0) is 19.3. The van der Waals surface area contributed by atoms with E-state index in [2.05, 4.69) is 14.5 Å². The number of carbonyl (C=O) groups is 1. The number of thiazole rings is 1. The first-order valence-electron chi connectivity index (χ1n) is 9.44. The van der Waals surface area contributed by atoms with Crippen LogP contribution >= 0.6 is 11.3 Å². The van der Waals surface area contributed by atoms with Crippen molar-refractivity contribution < 1.29 is 9.18 Å². The minimum Gasteiger partial charge on any atom is -0.337 e. The van der Waals surface area contributed by atoms with Gasteiger partial charge in [0.2, 0.25) is 0 Å². The van der Waals surface area contributed by atoms with Gasteiger partial charge in [0.25, 0.3) is 5.91 Å². The van der Waals surface area contributed by atoms with Gasteiger partial charge in [-0.25, -0.2) is 9.37 Å². The largest absolute Gasteiger partial charge is 0.337 e. The molecule has 144 valence electrons. The molecule has 2 aromatic heterocycles. The van der Waals surface area contributed by atoms with Gasteiger partial charge in [-0.3, -0.25) is 9.69 Å². The topological polar surface area (TPSA) is 41.4 Å². The third-order valence-corrected chi connectivity index (χ3v) is 6.47. The van der Waals surface area contributed by atoms with Crippen molar-refractivity contribution in [2.24, 2.45) is 0 Å². The molecule has 0 radical (unpaired) electrons. The van der Waals surface area contributed by atoms with Crippen LogP contribution in [0.5, 0.6) is 0 Å². The molecule has 0 bridgehead atoms. The van der Waals surface area contributed by atoms with Gasteiger partial charge in [0, 0.05) is 31.2 Å². The van der Waals surface area contributed by atoms with Crippen molar-refractivity contribution in [3.05, 3.63) is 75.8 Å². The predicted octanol–water partition coefficient (Wildman–Crippen LogP) is 3.47. The lowest BCUT2D eigenvalue weighted by Crippen LogP contribution is -2.49. The van der Waals surface area contributed by atoms with E-state index >= 15 is 0 Å². The number of nitrogens with zero attached hydrogens (tertiary/aromatic N) is 4. The van der Waals surface area contributed by atoms with E-state index in [4.69, 9.17) is 0 Å². The molecule has 0 aliphatic carbocycles. The molecule has 2 atom stereocenters. The molecule has 1 fully saturated rings. The second-order valence-corrected chi connectivity index (χ2v) is 8.61. The fourth-order valence-corrected chi connectivity index (χ4v) is 5.06. The number of carbonyl (C=O) groups excluding carboxylic acids is 1. The number of hydrogen-bond acceptors (Lipinski definition) is 4. The molecule has 0 spiro atoms. The first-order valence-corrected chi connectivity index (χ1v) is 10.3. The summed E-state index contributed by atoms with van der Waals surface area (Å²) in [5.74, 6) is -0.151. The van der Waals surface area contributed by atoms with Crippen molar-refractivity contribution in [2.45, 2.75) is 32.1 Å². The molecular formula is C21H21FN4OS. The molecule has 5 rings (SSSR count). The highest BCUT2D eigenvalue weighted by Crippen LogP contribution is 2.35. The summed E-state index contributed by atoms with van der Waals surface area (Å²) in [5, 5.41) is 3.05. The Labute approximate surface area is 167 Å². The van der Waals surface area contributed by atoms with Crippen molar-refractivity contribution in [2.75, 3.05) is 13.1 Å². The number of rotatable bonds is 4. The summed E-state index contributed by atoms with van der Waals surface area (Å²) in [7, 11) is 0. The Morgan fingerprint density at radius 1 is 1.18 bits per heavy atom. The molecule has 3 aromatic rings. The molecule has 0 saturated carbocycles. The monoisotopic (exact) mass is 396 g/mol. The fourth-order valence-electron chi connectivity index (χ4n) is 4.46. The summed E-state index contributed by atoms with van der Waals surface area (Å²) in [6, 6.07) is 10.9. The third-order valence-electron chi connectivity index (χ3n) is 5.65. The number of benzene rings is 1. The van der Waals surface area contributed by atoms with Crippen LogP contribution in [0.1, 0.15) is 32.8 Å². The summed E-state index contributed by atoms with van der Waals surface area (Å²) >= 11 is 1.61. The van der Waals surface area contributed by atoms with E-state index in [1.807, 2.05) is 41.6 Å². The fraction of sp³-hybridized carbons (Fsp3) is 0.333. The molecule has 5 nitrogen and oxygen atoms in total. The van der Waals surface area contributed by atoms with Crippen molar-refractivity contribution in [1.82, 2.24) is 19.4 Å². The molecule has 2 aliphatic rings. The van der Waals surface area contributed by atoms with Crippen molar-refractivity contribution in [1.29, 1.82) is 0 Å². The van der Waals surface area contributed by atoms with E-state index in [1.54, 1.807) is 23.5 Å². The maximum atomic E-state index is 13.6. The van der Waals surface area contributed by atoms with Gasteiger partial charge >= 0.3 is 0 Å². The Balaban J connectivity index is 1.43. The third kappa shape index (κ3) is 3.04. The van der Waals surface area contributed by atoms with E-state index in [1.165, 1.54) is 6.07 Å². The molecule has 1 amide bonds. The first kappa shape index (κ1) is 17.6. The zero-order valence-corrected chi connectivity index (χ0v) is 16.4. The SMILES string of the molecule is Cc1nc(CN2C(=O)c3cccn3[C@H]3CN(Cc4cccc(F)c4)C[C@@H]32)cs1. The van der Waals surface area contributed by atoms with Crippen molar-refractivity contribution in [3.8, 4) is 0 Å². The number of amides is 1. The molecule has 1 saturated heterocycles. The standard InChI is InChI=1S/C21H21FN4OS/c1-14-23-17(13-28-14)10-26-20-12-24(9-15-4-2-5-16(22)8-15)11-19(20)25-7-3-6-18(25)21(26)27/h2-8,13,19-20H,9-12H2,1H3/t19-,20-/m0/s1. The van der Waals surface area contributed by atoms with Gasteiger partial charge in [0.1, 0.15) is 11.5 Å². The Kier molecular flexibility index (Phi) is 4.29. The predicted molar refractivity (Wildman–Crippen MR) is 106 cm³/mol. The van der Waals surface area contributed by atoms with Gasteiger partial charge in [0.15, 0.2) is 0 Å². The second-order valence-electron chi connectivity index (χ2n) is 7.55. The maximum Gasteiger partial charge on any atom is 0.271 e. The molecule has 2 aliphatic heterocycles. The van der Waals surface area contributed by atoms with Crippen LogP contribution in [0.2, 0.25) is 0 Å². The Morgan fingerprint density at radius 3 is 2.82 bits per heavy atom. The molecule has 0 unspecified atom stereocenters. The van der Waals surface area contributed by atoms with E-state index in [-0.39, 0.29) is 23.8 Å². The van der Waals surface area contributed by atoms with Crippen LogP contribution in [0, 0.1) is 12.7 Å². The summed E-state index contributed by atoms with van der Waals surface area (Å²) in [6.45, 7) is 4.80. The van der Waals surface area contributed by atoms with Gasteiger partial charge in [-0.2, -0.15) is 0 Å². The van der Waals surface area contributed by atoms with Crippen LogP contribution < -0.4 is 0 Å². The molecule has 1 aromatic carbocycles. The summed E-state index contributed by atoms with van der Waals surface area (Å²) in [6.07, 6.45) is 2.00. The smallest absolute Gasteiger partial charge is 0.271 e. The summed E-state index contributed by atoms with van der Waals surface area (Å²) in [4.78, 5) is 22.0. The Morgan fingerprint density at radius 2 is 2.04 bits per heavy atom. The number of aryl methyl sites for hydroxylation is 1. The number of fused-ring (bicyclic) bond motifs is 3. The average molecular weight is 396 g/mol. The first-order chi connectivity index (χ1) is 13.6. The number of hydrogen-bond donors (Lipinski definition) is 0. The minimum absolute atomic E-state index is 0.0597. The summed E-state index contributed by atoms with van der Waals surface area (Å²) in [5.41, 5.74) is 2.64. The van der Waals surface area contributed by atoms with Crippen LogP contribution in [-0.2, 0) is 13.1 Å². The van der Waals surface area contributed by atoms with E-state index in [0.29, 0.717) is 13.1 Å². The van der Waals surface area contributed by atoms with Crippen molar-refractivity contribution >= 4 is 17.2 Å². The van der Waals surface area contributed by atoms with Crippen LogP contribution in [0.3, 0.4) is 0 Å². The lowest BCUT2D eigenvalue weighted by atomic mass is 10.1. The van der Waals surface area contributed by atoms with Crippen LogP contribution in [0.25, 0.3) is 0 Å². The van der Waals surface area contributed by atoms with Crippen LogP contribution in [0.15, 0.2) is 48.0 Å². The normalized spacial score (nSPS) is 21.8. The highest BCUT2D eigenvalue weighted by molar-refractivity contribution is 7.09. The highest BCUT2D eigenvalue weighted by atomic mass is 32.1. The molecule has 7 heteroatoms. The molecule has 28 heavy (non-hydrogen) atoms. The van der Waals surface area contributed by atoms with Crippen LogP contribution in [-0.4, -0.2) is 44.4 Å². The molecule has 0 N–H and O–H groups in total. The van der Waals surface area contributed by atoms with E-state index in [9.17, 15) is 9.18 Å². The van der Waals surface area contributed by atoms with Crippen molar-refractivity contribution in [3.63, 3.8) is 0 Å². The zero-order valence-electron chi connectivity index (χ0n) is 15.6. The van der Waals surface area contributed by atoms with Gasteiger partial charge in [-0.15, -0.1) is 11.3 Å². The lowest BCUT2D eigenvalue weighted by molar-refractivity contribution is 0.0553. The number of likely N-dealkylation sites (tertiary alicyclic amines) is 1. The van der Waals surface area contributed by atoms with E-state index < -0.39 is 0 Å². The lowest BCUT2D eigenvalue weighted by Gasteiger charge is -2.38. The average Bonchev–Trinajstić information content (AvgIpc) is 3.38. The molecule has 4 heterocycles. The molecular weight excluding hydrogens is 375 g/mol. The van der Waals surface area contributed by atoms with Crippen LogP contribution in [0.4, 0.5) is 4.39 Å². The van der Waals surface area contributed by atoms with Gasteiger partial charge in [-0.1, -0.05) is 12.1 Å². The van der Waals surface area contributed by atoms with Gasteiger partial charge < -0.3 is 9.47 Å². The van der Waals surface area contributed by atoms with Gasteiger partial charge in [0.05, 0.1) is 29.3 Å². The minimum atomic E-state index is -0.211. The van der Waals surface area contributed by atoms with Gasteiger partial charge in [-0.05, 0) is 36.8 Å². The Hall–Kier alpha value is -2.51. The summed E-state index contributed by atoms with van der Waals surface area (Å²) < 4.78 is 15.7. The highest BCUT2D eigenvalue weighted by Gasteiger charge is 2.44. The quantitative estimate of drug-likeness (QED) is 0.678.